The van der Waals surface area contributed by atoms with Crippen molar-refractivity contribution >= 4 is 0 Å². The van der Waals surface area contributed by atoms with Gasteiger partial charge < -0.3 is 5.73 Å². The summed E-state index contributed by atoms with van der Waals surface area (Å²) in [6.45, 7) is 2.40. The molecule has 2 aliphatic rings. The molecule has 2 aliphatic carbocycles. The van der Waals surface area contributed by atoms with Crippen molar-refractivity contribution in [2.75, 3.05) is 0 Å². The fraction of sp³-hybridized carbons (Fsp3) is 1.00. The van der Waals surface area contributed by atoms with E-state index in [-0.39, 0.29) is 5.54 Å². The topological polar surface area (TPSA) is 26.0 Å². The Balaban J connectivity index is 1.77. The Hall–Kier alpha value is -0.0400. The summed E-state index contributed by atoms with van der Waals surface area (Å²) in [5, 5.41) is 0. The zero-order valence-corrected chi connectivity index (χ0v) is 8.18. The van der Waals surface area contributed by atoms with Gasteiger partial charge in [0.25, 0.3) is 0 Å². The molecule has 0 saturated heterocycles. The van der Waals surface area contributed by atoms with Gasteiger partial charge in [-0.05, 0) is 37.5 Å². The van der Waals surface area contributed by atoms with Crippen molar-refractivity contribution in [2.45, 2.75) is 57.4 Å². The van der Waals surface area contributed by atoms with Crippen LogP contribution >= 0.6 is 0 Å². The SMILES string of the molecule is CC(CC1(N)CCC1)C1CCC1. The molecule has 2 saturated carbocycles. The van der Waals surface area contributed by atoms with Gasteiger partial charge in [-0.1, -0.05) is 26.2 Å². The van der Waals surface area contributed by atoms with Gasteiger partial charge in [0.2, 0.25) is 0 Å². The highest BCUT2D eigenvalue weighted by Gasteiger charge is 2.36. The summed E-state index contributed by atoms with van der Waals surface area (Å²) in [6.07, 6.45) is 9.63. The Labute approximate surface area is 75.7 Å². The highest BCUT2D eigenvalue weighted by molar-refractivity contribution is 4.95. The molecule has 1 heteroatoms. The van der Waals surface area contributed by atoms with Crippen molar-refractivity contribution in [3.8, 4) is 0 Å². The Morgan fingerprint density at radius 3 is 2.33 bits per heavy atom. The predicted octanol–water partition coefficient (Wildman–Crippen LogP) is 2.69. The molecule has 2 N–H and O–H groups in total. The molecule has 0 heterocycles. The maximum atomic E-state index is 6.22. The fourth-order valence-corrected chi connectivity index (χ4v) is 2.65. The minimum absolute atomic E-state index is 0.259. The standard InChI is InChI=1S/C11H21N/c1-9(10-4-2-5-10)8-11(12)6-3-7-11/h9-10H,2-8,12H2,1H3. The lowest BCUT2D eigenvalue weighted by atomic mass is 9.66. The number of nitrogens with two attached hydrogens (primary N) is 1. The lowest BCUT2D eigenvalue weighted by molar-refractivity contribution is 0.134. The van der Waals surface area contributed by atoms with Crippen molar-refractivity contribution in [2.24, 2.45) is 17.6 Å². The quantitative estimate of drug-likeness (QED) is 0.687. The summed E-state index contributed by atoms with van der Waals surface area (Å²) in [5.41, 5.74) is 6.48. The minimum Gasteiger partial charge on any atom is -0.325 e. The minimum atomic E-state index is 0.259. The molecule has 0 aromatic rings. The predicted molar refractivity (Wildman–Crippen MR) is 51.9 cm³/mol. The van der Waals surface area contributed by atoms with Crippen LogP contribution in [0.2, 0.25) is 0 Å². The first-order chi connectivity index (χ1) is 5.70. The van der Waals surface area contributed by atoms with Crippen LogP contribution in [0.5, 0.6) is 0 Å². The van der Waals surface area contributed by atoms with E-state index in [1.807, 2.05) is 0 Å². The first kappa shape index (κ1) is 8.55. The molecule has 0 aromatic carbocycles. The van der Waals surface area contributed by atoms with Crippen molar-refractivity contribution < 1.29 is 0 Å². The lowest BCUT2D eigenvalue weighted by Gasteiger charge is -2.43. The number of hydrogen-bond acceptors (Lipinski definition) is 1. The third-order valence-corrected chi connectivity index (χ3v) is 4.03. The summed E-state index contributed by atoms with van der Waals surface area (Å²) in [7, 11) is 0. The van der Waals surface area contributed by atoms with Crippen molar-refractivity contribution in [3.63, 3.8) is 0 Å². The van der Waals surface area contributed by atoms with E-state index in [4.69, 9.17) is 5.73 Å². The van der Waals surface area contributed by atoms with Gasteiger partial charge in [-0.15, -0.1) is 0 Å². The van der Waals surface area contributed by atoms with Crippen molar-refractivity contribution in [1.29, 1.82) is 0 Å². The molecule has 2 rings (SSSR count). The van der Waals surface area contributed by atoms with E-state index in [2.05, 4.69) is 6.92 Å². The second-order valence-electron chi connectivity index (χ2n) is 5.09. The molecular weight excluding hydrogens is 146 g/mol. The Kier molecular flexibility index (Phi) is 2.16. The first-order valence-electron chi connectivity index (χ1n) is 5.48. The van der Waals surface area contributed by atoms with Crippen LogP contribution in [0, 0.1) is 11.8 Å². The number of hydrogen-bond donors (Lipinski definition) is 1. The van der Waals surface area contributed by atoms with Gasteiger partial charge in [0.15, 0.2) is 0 Å². The van der Waals surface area contributed by atoms with Gasteiger partial charge in [0, 0.05) is 5.54 Å². The van der Waals surface area contributed by atoms with E-state index >= 15 is 0 Å². The van der Waals surface area contributed by atoms with Gasteiger partial charge >= 0.3 is 0 Å². The second kappa shape index (κ2) is 3.02. The largest absolute Gasteiger partial charge is 0.325 e. The highest BCUT2D eigenvalue weighted by Crippen LogP contribution is 2.41. The Morgan fingerprint density at radius 1 is 1.33 bits per heavy atom. The molecule has 0 spiro atoms. The normalized spacial score (nSPS) is 30.5. The summed E-state index contributed by atoms with van der Waals surface area (Å²) in [4.78, 5) is 0. The van der Waals surface area contributed by atoms with Gasteiger partial charge in [-0.3, -0.25) is 0 Å². The van der Waals surface area contributed by atoms with Crippen molar-refractivity contribution in [1.82, 2.24) is 0 Å². The maximum Gasteiger partial charge on any atom is 0.0157 e. The number of rotatable bonds is 3. The molecular formula is C11H21N. The molecule has 12 heavy (non-hydrogen) atoms. The van der Waals surface area contributed by atoms with E-state index in [1.54, 1.807) is 0 Å². The van der Waals surface area contributed by atoms with E-state index in [9.17, 15) is 0 Å². The smallest absolute Gasteiger partial charge is 0.0157 e. The Morgan fingerprint density at radius 2 is 2.00 bits per heavy atom. The molecule has 2 fully saturated rings. The van der Waals surface area contributed by atoms with E-state index < -0.39 is 0 Å². The monoisotopic (exact) mass is 167 g/mol. The third kappa shape index (κ3) is 1.52. The summed E-state index contributed by atoms with van der Waals surface area (Å²) in [5.74, 6) is 1.91. The van der Waals surface area contributed by atoms with Crippen LogP contribution < -0.4 is 5.73 Å². The van der Waals surface area contributed by atoms with Gasteiger partial charge in [-0.2, -0.15) is 0 Å². The molecule has 70 valence electrons. The summed E-state index contributed by atoms with van der Waals surface area (Å²) < 4.78 is 0. The van der Waals surface area contributed by atoms with Gasteiger partial charge in [0.1, 0.15) is 0 Å². The lowest BCUT2D eigenvalue weighted by Crippen LogP contribution is -2.48. The van der Waals surface area contributed by atoms with Crippen LogP contribution in [0.25, 0.3) is 0 Å². The highest BCUT2D eigenvalue weighted by atomic mass is 14.8. The summed E-state index contributed by atoms with van der Waals surface area (Å²) >= 11 is 0. The Bertz CT molecular complexity index is 156. The maximum absolute atomic E-state index is 6.22. The van der Waals surface area contributed by atoms with Crippen LogP contribution in [0.3, 0.4) is 0 Å². The molecule has 0 bridgehead atoms. The van der Waals surface area contributed by atoms with E-state index in [1.165, 1.54) is 44.9 Å². The zero-order valence-electron chi connectivity index (χ0n) is 8.18. The molecule has 0 aliphatic heterocycles. The average Bonchev–Trinajstić information content (AvgIpc) is 1.79. The van der Waals surface area contributed by atoms with Gasteiger partial charge in [0.05, 0.1) is 0 Å². The van der Waals surface area contributed by atoms with Crippen LogP contribution in [0.4, 0.5) is 0 Å². The molecule has 1 unspecified atom stereocenters. The molecule has 1 atom stereocenters. The second-order valence-corrected chi connectivity index (χ2v) is 5.09. The first-order valence-corrected chi connectivity index (χ1v) is 5.48. The van der Waals surface area contributed by atoms with Crippen LogP contribution in [-0.4, -0.2) is 5.54 Å². The zero-order chi connectivity index (χ0) is 8.60. The molecule has 0 radical (unpaired) electrons. The average molecular weight is 167 g/mol. The van der Waals surface area contributed by atoms with Crippen LogP contribution in [0.15, 0.2) is 0 Å². The van der Waals surface area contributed by atoms with Crippen molar-refractivity contribution in [3.05, 3.63) is 0 Å². The van der Waals surface area contributed by atoms with Gasteiger partial charge in [-0.25, -0.2) is 0 Å². The molecule has 1 nitrogen and oxygen atoms in total. The van der Waals surface area contributed by atoms with E-state index in [0.717, 1.165) is 11.8 Å². The van der Waals surface area contributed by atoms with E-state index in [0.29, 0.717) is 0 Å². The fourth-order valence-electron chi connectivity index (χ4n) is 2.65. The van der Waals surface area contributed by atoms with Crippen LogP contribution in [-0.2, 0) is 0 Å². The van der Waals surface area contributed by atoms with Crippen LogP contribution in [0.1, 0.15) is 51.9 Å². The molecule has 0 aromatic heterocycles. The molecule has 0 amide bonds. The summed E-state index contributed by atoms with van der Waals surface area (Å²) in [6, 6.07) is 0. The third-order valence-electron chi connectivity index (χ3n) is 4.03.